The molecule has 0 spiro atoms. The summed E-state index contributed by atoms with van der Waals surface area (Å²) >= 11 is 0. The van der Waals surface area contributed by atoms with Gasteiger partial charge in [-0.05, 0) is 43.2 Å². The highest BCUT2D eigenvalue weighted by Gasteiger charge is 2.02. The van der Waals surface area contributed by atoms with Crippen LogP contribution in [0.15, 0.2) is 59.6 Å². The molecule has 0 heterocycles. The lowest BCUT2D eigenvalue weighted by Crippen LogP contribution is -2.38. The zero-order valence-corrected chi connectivity index (χ0v) is 18.7. The quantitative estimate of drug-likeness (QED) is 0.216. The van der Waals surface area contributed by atoms with E-state index < -0.39 is 0 Å². The Morgan fingerprint density at radius 2 is 1.75 bits per heavy atom. The molecule has 3 N–H and O–H groups in total. The zero-order chi connectivity index (χ0) is 19.3. The predicted molar refractivity (Wildman–Crippen MR) is 125 cm³/mol. The van der Waals surface area contributed by atoms with Crippen molar-refractivity contribution in [3.05, 3.63) is 65.7 Å². The van der Waals surface area contributed by atoms with E-state index >= 15 is 0 Å². The molecule has 6 nitrogen and oxygen atoms in total. The van der Waals surface area contributed by atoms with Gasteiger partial charge in [0.15, 0.2) is 5.96 Å². The fourth-order valence-corrected chi connectivity index (χ4v) is 2.40. The van der Waals surface area contributed by atoms with Crippen LogP contribution in [0.4, 0.5) is 0 Å². The molecule has 0 aliphatic heterocycles. The number of nitrogens with one attached hydrogen (secondary N) is 3. The fraction of sp³-hybridized carbons (Fsp3) is 0.333. The Labute approximate surface area is 184 Å². The summed E-state index contributed by atoms with van der Waals surface area (Å²) in [6.45, 7) is 4.80. The first-order valence-corrected chi connectivity index (χ1v) is 9.24. The summed E-state index contributed by atoms with van der Waals surface area (Å²) < 4.78 is 5.68. The van der Waals surface area contributed by atoms with Crippen LogP contribution in [-0.4, -0.2) is 38.6 Å². The minimum Gasteiger partial charge on any atom is -0.494 e. The summed E-state index contributed by atoms with van der Waals surface area (Å²) in [7, 11) is 1.62. The summed E-state index contributed by atoms with van der Waals surface area (Å²) in [5.41, 5.74) is 1.70. The van der Waals surface area contributed by atoms with Crippen LogP contribution in [0, 0.1) is 0 Å². The third-order valence-corrected chi connectivity index (χ3v) is 3.83. The molecule has 2 aromatic carbocycles. The molecule has 152 valence electrons. The molecule has 28 heavy (non-hydrogen) atoms. The first-order chi connectivity index (χ1) is 13.2. The number of rotatable bonds is 9. The van der Waals surface area contributed by atoms with Crippen molar-refractivity contribution in [2.75, 3.05) is 26.7 Å². The van der Waals surface area contributed by atoms with Gasteiger partial charge in [0.05, 0.1) is 13.2 Å². The predicted octanol–water partition coefficient (Wildman–Crippen LogP) is 3.19. The van der Waals surface area contributed by atoms with Gasteiger partial charge < -0.3 is 20.7 Å². The second-order valence-electron chi connectivity index (χ2n) is 5.91. The van der Waals surface area contributed by atoms with Gasteiger partial charge >= 0.3 is 0 Å². The SMILES string of the molecule is CCNC(=NCc1ccc(C(=O)NC)cc1)NCCCOc1ccccc1.I. The number of hydrogen-bond acceptors (Lipinski definition) is 3. The minimum absolute atomic E-state index is 0. The van der Waals surface area contributed by atoms with Crippen molar-refractivity contribution in [1.29, 1.82) is 0 Å². The summed E-state index contributed by atoms with van der Waals surface area (Å²) in [5.74, 6) is 1.57. The number of carbonyl (C=O) groups excluding carboxylic acids is 1. The van der Waals surface area contributed by atoms with E-state index in [0.717, 1.165) is 36.8 Å². The number of halogens is 1. The molecular weight excluding hydrogens is 467 g/mol. The van der Waals surface area contributed by atoms with Crippen LogP contribution in [0.1, 0.15) is 29.3 Å². The van der Waals surface area contributed by atoms with Crippen LogP contribution >= 0.6 is 24.0 Å². The van der Waals surface area contributed by atoms with Crippen LogP contribution in [0.2, 0.25) is 0 Å². The third-order valence-electron chi connectivity index (χ3n) is 3.83. The van der Waals surface area contributed by atoms with Gasteiger partial charge in [0.25, 0.3) is 5.91 Å². The topological polar surface area (TPSA) is 74.8 Å². The number of amides is 1. The second-order valence-corrected chi connectivity index (χ2v) is 5.91. The van der Waals surface area contributed by atoms with Gasteiger partial charge in [0.2, 0.25) is 0 Å². The van der Waals surface area contributed by atoms with Crippen molar-refractivity contribution in [3.8, 4) is 5.75 Å². The Hall–Kier alpha value is -2.29. The van der Waals surface area contributed by atoms with E-state index in [-0.39, 0.29) is 29.9 Å². The molecule has 0 radical (unpaired) electrons. The fourth-order valence-electron chi connectivity index (χ4n) is 2.40. The molecule has 0 bridgehead atoms. The Balaban J connectivity index is 0.00000392. The average molecular weight is 496 g/mol. The van der Waals surface area contributed by atoms with Crippen molar-refractivity contribution < 1.29 is 9.53 Å². The lowest BCUT2D eigenvalue weighted by atomic mass is 10.1. The molecule has 0 saturated heterocycles. The number of carbonyl (C=O) groups is 1. The lowest BCUT2D eigenvalue weighted by Gasteiger charge is -2.12. The van der Waals surface area contributed by atoms with Crippen LogP contribution in [0.25, 0.3) is 0 Å². The van der Waals surface area contributed by atoms with Crippen LogP contribution in [0.5, 0.6) is 5.75 Å². The average Bonchev–Trinajstić information content (AvgIpc) is 2.72. The van der Waals surface area contributed by atoms with E-state index in [1.165, 1.54) is 0 Å². The largest absolute Gasteiger partial charge is 0.494 e. The Morgan fingerprint density at radius 3 is 2.39 bits per heavy atom. The Kier molecular flexibility index (Phi) is 11.7. The standard InChI is InChI=1S/C21H28N4O2.HI/c1-3-23-21(24-14-7-15-27-19-8-5-4-6-9-19)25-16-17-10-12-18(13-11-17)20(26)22-2;/h4-6,8-13H,3,7,14-16H2,1-2H3,(H,22,26)(H2,23,24,25);1H. The van der Waals surface area contributed by atoms with E-state index in [9.17, 15) is 4.79 Å². The maximum absolute atomic E-state index is 11.6. The first kappa shape index (κ1) is 23.7. The minimum atomic E-state index is -0.0854. The molecule has 7 heteroatoms. The van der Waals surface area contributed by atoms with Crippen molar-refractivity contribution >= 4 is 35.8 Å². The zero-order valence-electron chi connectivity index (χ0n) is 16.4. The molecule has 1 amide bonds. The van der Waals surface area contributed by atoms with Gasteiger partial charge in [-0.3, -0.25) is 4.79 Å². The van der Waals surface area contributed by atoms with E-state index in [0.29, 0.717) is 18.7 Å². The van der Waals surface area contributed by atoms with Gasteiger partial charge in [-0.25, -0.2) is 4.99 Å². The molecule has 0 saturated carbocycles. The maximum atomic E-state index is 11.6. The van der Waals surface area contributed by atoms with Crippen molar-refractivity contribution in [2.24, 2.45) is 4.99 Å². The number of ether oxygens (including phenoxy) is 1. The third kappa shape index (κ3) is 8.60. The Morgan fingerprint density at radius 1 is 1.04 bits per heavy atom. The second kappa shape index (κ2) is 13.8. The van der Waals surface area contributed by atoms with Crippen molar-refractivity contribution in [1.82, 2.24) is 16.0 Å². The van der Waals surface area contributed by atoms with Gasteiger partial charge in [0.1, 0.15) is 5.75 Å². The monoisotopic (exact) mass is 496 g/mol. The van der Waals surface area contributed by atoms with Gasteiger partial charge in [-0.2, -0.15) is 0 Å². The highest BCUT2D eigenvalue weighted by Crippen LogP contribution is 2.08. The maximum Gasteiger partial charge on any atom is 0.251 e. The van der Waals surface area contributed by atoms with E-state index in [2.05, 4.69) is 20.9 Å². The number of nitrogens with zero attached hydrogens (tertiary/aromatic N) is 1. The van der Waals surface area contributed by atoms with Crippen LogP contribution in [-0.2, 0) is 6.54 Å². The lowest BCUT2D eigenvalue weighted by molar-refractivity contribution is 0.0963. The van der Waals surface area contributed by atoms with E-state index in [1.807, 2.05) is 61.5 Å². The Bertz CT molecular complexity index is 721. The van der Waals surface area contributed by atoms with Gasteiger partial charge in [-0.1, -0.05) is 30.3 Å². The molecule has 0 aliphatic carbocycles. The van der Waals surface area contributed by atoms with Gasteiger partial charge in [0, 0.05) is 25.7 Å². The van der Waals surface area contributed by atoms with Gasteiger partial charge in [-0.15, -0.1) is 24.0 Å². The number of aliphatic imine (C=N–C) groups is 1. The molecule has 2 aromatic rings. The molecule has 0 unspecified atom stereocenters. The molecule has 0 aliphatic rings. The van der Waals surface area contributed by atoms with Crippen molar-refractivity contribution in [3.63, 3.8) is 0 Å². The van der Waals surface area contributed by atoms with Crippen LogP contribution in [0.3, 0.4) is 0 Å². The molecule has 0 atom stereocenters. The number of hydrogen-bond donors (Lipinski definition) is 3. The van der Waals surface area contributed by atoms with E-state index in [1.54, 1.807) is 7.05 Å². The summed E-state index contributed by atoms with van der Waals surface area (Å²) in [5, 5.41) is 9.16. The highest BCUT2D eigenvalue weighted by molar-refractivity contribution is 14.0. The molecule has 2 rings (SSSR count). The number of benzene rings is 2. The van der Waals surface area contributed by atoms with Crippen molar-refractivity contribution in [2.45, 2.75) is 19.9 Å². The molecule has 0 aromatic heterocycles. The molecule has 0 fully saturated rings. The number of guanidine groups is 1. The smallest absolute Gasteiger partial charge is 0.251 e. The van der Waals surface area contributed by atoms with Crippen LogP contribution < -0.4 is 20.7 Å². The summed E-state index contributed by atoms with van der Waals surface area (Å²) in [6, 6.07) is 17.3. The summed E-state index contributed by atoms with van der Waals surface area (Å²) in [6.07, 6.45) is 0.875. The summed E-state index contributed by atoms with van der Waals surface area (Å²) in [4.78, 5) is 16.2. The number of para-hydroxylation sites is 1. The first-order valence-electron chi connectivity index (χ1n) is 9.24. The molecular formula is C21H29IN4O2. The highest BCUT2D eigenvalue weighted by atomic mass is 127. The van der Waals surface area contributed by atoms with E-state index in [4.69, 9.17) is 4.74 Å². The normalized spacial score (nSPS) is 10.6.